The van der Waals surface area contributed by atoms with E-state index < -0.39 is 24.1 Å². The van der Waals surface area contributed by atoms with E-state index in [1.54, 1.807) is 0 Å². The van der Waals surface area contributed by atoms with E-state index in [1.165, 1.54) is 19.2 Å². The van der Waals surface area contributed by atoms with E-state index in [0.29, 0.717) is 0 Å². The summed E-state index contributed by atoms with van der Waals surface area (Å²) in [4.78, 5) is 23.2. The Morgan fingerprint density at radius 1 is 1.38 bits per heavy atom. The van der Waals surface area contributed by atoms with Gasteiger partial charge < -0.3 is 20.1 Å². The van der Waals surface area contributed by atoms with E-state index in [1.807, 2.05) is 0 Å². The Morgan fingerprint density at radius 3 is 2.62 bits per heavy atom. The van der Waals surface area contributed by atoms with Gasteiger partial charge in [0, 0.05) is 25.3 Å². The van der Waals surface area contributed by atoms with Crippen LogP contribution in [0.1, 0.15) is 6.42 Å². The molecule has 21 heavy (non-hydrogen) atoms. The molecule has 0 radical (unpaired) electrons. The van der Waals surface area contributed by atoms with Crippen molar-refractivity contribution in [1.82, 2.24) is 4.90 Å². The number of nitrogens with one attached hydrogen (secondary N) is 1. The smallest absolute Gasteiger partial charge is 0.481 e. The van der Waals surface area contributed by atoms with Crippen LogP contribution in [0.4, 0.5) is 23.7 Å². The molecule has 116 valence electrons. The molecule has 0 bridgehead atoms. The molecule has 6 nitrogen and oxygen atoms in total. The maximum atomic E-state index is 12.1. The molecule has 1 aromatic carbocycles. The predicted molar refractivity (Wildman–Crippen MR) is 67.0 cm³/mol. The molecule has 0 atom stereocenters. The summed E-state index contributed by atoms with van der Waals surface area (Å²) in [6, 6.07) is 4.13. The van der Waals surface area contributed by atoms with Gasteiger partial charge in [0.1, 0.15) is 5.75 Å². The predicted octanol–water partition coefficient (Wildman–Crippen LogP) is 2.52. The van der Waals surface area contributed by atoms with Gasteiger partial charge in [-0.05, 0) is 12.1 Å². The zero-order valence-electron chi connectivity index (χ0n) is 11.0. The summed E-state index contributed by atoms with van der Waals surface area (Å²) in [7, 11) is 1.37. The second-order valence-electron chi connectivity index (χ2n) is 4.07. The number of hydrogen-bond donors (Lipinski definition) is 2. The summed E-state index contributed by atoms with van der Waals surface area (Å²) in [5, 5.41) is 10.8. The first-order valence-electron chi connectivity index (χ1n) is 5.77. The molecular formula is C12H13F3N2O4. The van der Waals surface area contributed by atoms with Crippen molar-refractivity contribution in [2.24, 2.45) is 0 Å². The number of rotatable bonds is 5. The normalized spacial score (nSPS) is 10.9. The van der Waals surface area contributed by atoms with Crippen LogP contribution in [-0.2, 0) is 4.79 Å². The van der Waals surface area contributed by atoms with Crippen LogP contribution in [0.15, 0.2) is 24.3 Å². The molecule has 2 amide bonds. The summed E-state index contributed by atoms with van der Waals surface area (Å²) in [5.74, 6) is -1.52. The van der Waals surface area contributed by atoms with Gasteiger partial charge in [0.2, 0.25) is 0 Å². The van der Waals surface area contributed by atoms with E-state index in [-0.39, 0.29) is 18.7 Å². The number of carboxylic acids is 1. The van der Waals surface area contributed by atoms with Crippen molar-refractivity contribution in [3.63, 3.8) is 0 Å². The number of urea groups is 1. The minimum Gasteiger partial charge on any atom is -0.481 e. The highest BCUT2D eigenvalue weighted by molar-refractivity contribution is 5.89. The number of carboxylic acid groups (broad SMARTS) is 1. The second kappa shape index (κ2) is 6.82. The Hall–Kier alpha value is -2.45. The number of amides is 2. The first-order chi connectivity index (χ1) is 9.67. The third kappa shape index (κ3) is 6.50. The van der Waals surface area contributed by atoms with Crippen LogP contribution < -0.4 is 10.1 Å². The van der Waals surface area contributed by atoms with Gasteiger partial charge in [0.15, 0.2) is 0 Å². The summed E-state index contributed by atoms with van der Waals surface area (Å²) in [6.45, 7) is -0.0279. The molecule has 1 rings (SSSR count). The van der Waals surface area contributed by atoms with Crippen LogP contribution in [0.2, 0.25) is 0 Å². The number of carbonyl (C=O) groups is 2. The van der Waals surface area contributed by atoms with E-state index in [2.05, 4.69) is 10.1 Å². The van der Waals surface area contributed by atoms with Crippen molar-refractivity contribution < 1.29 is 32.6 Å². The molecule has 0 fully saturated rings. The number of aliphatic carboxylic acids is 1. The van der Waals surface area contributed by atoms with Gasteiger partial charge >= 0.3 is 18.4 Å². The Kier molecular flexibility index (Phi) is 5.39. The zero-order chi connectivity index (χ0) is 16.0. The molecule has 0 aliphatic rings. The molecule has 0 aromatic heterocycles. The molecule has 0 heterocycles. The Bertz CT molecular complexity index is 519. The van der Waals surface area contributed by atoms with E-state index >= 15 is 0 Å². The van der Waals surface area contributed by atoms with Crippen LogP contribution in [0, 0.1) is 0 Å². The van der Waals surface area contributed by atoms with Crippen LogP contribution >= 0.6 is 0 Å². The van der Waals surface area contributed by atoms with Crippen molar-refractivity contribution in [1.29, 1.82) is 0 Å². The number of benzene rings is 1. The highest BCUT2D eigenvalue weighted by Crippen LogP contribution is 2.25. The molecule has 9 heteroatoms. The molecule has 0 aliphatic heterocycles. The number of hydrogen-bond acceptors (Lipinski definition) is 3. The topological polar surface area (TPSA) is 78.9 Å². The maximum Gasteiger partial charge on any atom is 0.573 e. The zero-order valence-corrected chi connectivity index (χ0v) is 11.0. The monoisotopic (exact) mass is 306 g/mol. The summed E-state index contributed by atoms with van der Waals surface area (Å²) >= 11 is 0. The average Bonchev–Trinajstić information content (AvgIpc) is 2.34. The lowest BCUT2D eigenvalue weighted by Crippen LogP contribution is -2.33. The first-order valence-corrected chi connectivity index (χ1v) is 5.77. The lowest BCUT2D eigenvalue weighted by Gasteiger charge is -2.17. The number of nitrogens with zero attached hydrogens (tertiary/aromatic N) is 1. The lowest BCUT2D eigenvalue weighted by molar-refractivity contribution is -0.274. The molecule has 0 saturated heterocycles. The van der Waals surface area contributed by atoms with E-state index in [9.17, 15) is 22.8 Å². The number of halogens is 3. The quantitative estimate of drug-likeness (QED) is 0.876. The van der Waals surface area contributed by atoms with Crippen LogP contribution in [0.5, 0.6) is 5.75 Å². The first kappa shape index (κ1) is 16.6. The van der Waals surface area contributed by atoms with Crippen molar-refractivity contribution in [2.45, 2.75) is 12.8 Å². The molecule has 2 N–H and O–H groups in total. The molecule has 0 spiro atoms. The van der Waals surface area contributed by atoms with Gasteiger partial charge in [-0.25, -0.2) is 4.79 Å². The Labute approximate surface area is 118 Å². The Balaban J connectivity index is 2.64. The fourth-order valence-corrected chi connectivity index (χ4v) is 1.35. The molecular weight excluding hydrogens is 293 g/mol. The average molecular weight is 306 g/mol. The van der Waals surface area contributed by atoms with Gasteiger partial charge in [0.25, 0.3) is 0 Å². The van der Waals surface area contributed by atoms with Crippen molar-refractivity contribution in [3.8, 4) is 5.75 Å². The van der Waals surface area contributed by atoms with Crippen LogP contribution in [0.25, 0.3) is 0 Å². The van der Waals surface area contributed by atoms with Gasteiger partial charge in [-0.1, -0.05) is 6.07 Å². The van der Waals surface area contributed by atoms with Crippen molar-refractivity contribution in [2.75, 3.05) is 18.9 Å². The molecule has 0 unspecified atom stereocenters. The SMILES string of the molecule is CN(CCC(=O)O)C(=O)Nc1cccc(OC(F)(F)F)c1. The summed E-state index contributed by atoms with van der Waals surface area (Å²) in [5.41, 5.74) is 0.101. The van der Waals surface area contributed by atoms with Crippen LogP contribution in [0.3, 0.4) is 0 Å². The number of alkyl halides is 3. The van der Waals surface area contributed by atoms with Gasteiger partial charge in [-0.2, -0.15) is 0 Å². The number of carbonyl (C=O) groups excluding carboxylic acids is 1. The summed E-state index contributed by atoms with van der Waals surface area (Å²) < 4.78 is 39.9. The maximum absolute atomic E-state index is 12.1. The number of anilines is 1. The standard InChI is InChI=1S/C12H13F3N2O4/c1-17(6-5-10(18)19)11(20)16-8-3-2-4-9(7-8)21-12(13,14)15/h2-4,7H,5-6H2,1H3,(H,16,20)(H,18,19). The fourth-order valence-electron chi connectivity index (χ4n) is 1.35. The van der Waals surface area contributed by atoms with Crippen molar-refractivity contribution >= 4 is 17.7 Å². The minimum atomic E-state index is -4.82. The van der Waals surface area contributed by atoms with Crippen molar-refractivity contribution in [3.05, 3.63) is 24.3 Å². The van der Waals surface area contributed by atoms with E-state index in [0.717, 1.165) is 17.0 Å². The van der Waals surface area contributed by atoms with Crippen LogP contribution in [-0.4, -0.2) is 42.0 Å². The second-order valence-corrected chi connectivity index (χ2v) is 4.07. The summed E-state index contributed by atoms with van der Waals surface area (Å²) in [6.07, 6.45) is -5.05. The third-order valence-electron chi connectivity index (χ3n) is 2.33. The highest BCUT2D eigenvalue weighted by atomic mass is 19.4. The van der Waals surface area contributed by atoms with Gasteiger partial charge in [0.05, 0.1) is 6.42 Å². The van der Waals surface area contributed by atoms with Gasteiger partial charge in [-0.15, -0.1) is 13.2 Å². The van der Waals surface area contributed by atoms with Gasteiger partial charge in [-0.3, -0.25) is 4.79 Å². The van der Waals surface area contributed by atoms with E-state index in [4.69, 9.17) is 5.11 Å². The highest BCUT2D eigenvalue weighted by Gasteiger charge is 2.31. The third-order valence-corrected chi connectivity index (χ3v) is 2.33. The Morgan fingerprint density at radius 2 is 2.05 bits per heavy atom. The lowest BCUT2D eigenvalue weighted by atomic mass is 10.3. The number of ether oxygens (including phenoxy) is 1. The molecule has 1 aromatic rings. The largest absolute Gasteiger partial charge is 0.573 e. The minimum absolute atomic E-state index is 0.0279. The molecule has 0 aliphatic carbocycles. The fraction of sp³-hybridized carbons (Fsp3) is 0.333. The molecule has 0 saturated carbocycles.